The fourth-order valence-corrected chi connectivity index (χ4v) is 3.56. The second kappa shape index (κ2) is 14.4. The van der Waals surface area contributed by atoms with Crippen LogP contribution >= 0.6 is 24.0 Å². The molecule has 7 heteroatoms. The molecule has 0 radical (unpaired) electrons. The Bertz CT molecular complexity index is 428. The molecule has 0 spiro atoms. The van der Waals surface area contributed by atoms with E-state index in [9.17, 15) is 4.79 Å². The van der Waals surface area contributed by atoms with Crippen molar-refractivity contribution in [3.8, 4) is 0 Å². The number of guanidine groups is 1. The van der Waals surface area contributed by atoms with Gasteiger partial charge in [0.1, 0.15) is 0 Å². The zero-order valence-electron chi connectivity index (χ0n) is 18.2. The maximum Gasteiger partial charge on any atom is 0.309 e. The van der Waals surface area contributed by atoms with Crippen molar-refractivity contribution in [3.05, 3.63) is 0 Å². The van der Waals surface area contributed by atoms with Crippen LogP contribution in [0.1, 0.15) is 60.8 Å². The Labute approximate surface area is 183 Å². The quantitative estimate of drug-likeness (QED) is 0.175. The van der Waals surface area contributed by atoms with E-state index >= 15 is 0 Å². The van der Waals surface area contributed by atoms with Gasteiger partial charge in [0.05, 0.1) is 12.5 Å². The van der Waals surface area contributed by atoms with Crippen molar-refractivity contribution >= 4 is 35.9 Å². The van der Waals surface area contributed by atoms with Gasteiger partial charge in [-0.3, -0.25) is 14.7 Å². The molecule has 6 nitrogen and oxygen atoms in total. The van der Waals surface area contributed by atoms with E-state index in [-0.39, 0.29) is 35.9 Å². The molecular formula is C20H41IN4O2. The highest BCUT2D eigenvalue weighted by Crippen LogP contribution is 2.18. The molecule has 160 valence electrons. The number of likely N-dealkylation sites (tertiary alicyclic amines) is 1. The molecule has 0 aromatic carbocycles. The van der Waals surface area contributed by atoms with Crippen LogP contribution in [0.4, 0.5) is 0 Å². The fourth-order valence-electron chi connectivity index (χ4n) is 3.56. The molecule has 1 aliphatic rings. The summed E-state index contributed by atoms with van der Waals surface area (Å²) >= 11 is 0. The van der Waals surface area contributed by atoms with Crippen molar-refractivity contribution in [2.24, 2.45) is 10.9 Å². The van der Waals surface area contributed by atoms with E-state index in [0.29, 0.717) is 18.7 Å². The van der Waals surface area contributed by atoms with Gasteiger partial charge in [-0.15, -0.1) is 24.0 Å². The van der Waals surface area contributed by atoms with E-state index in [4.69, 9.17) is 9.73 Å². The maximum atomic E-state index is 11.9. The standard InChI is InChI=1S/C20H40N4O2.HI/c1-7-21-20(22-12-9-13-24(16(3)4)17(5)6)23-14-10-18(11-15-23)19(25)26-8-2;/h16-18H,7-15H2,1-6H3,(H,21,22);1H. The Morgan fingerprint density at radius 3 is 2.26 bits per heavy atom. The number of ether oxygens (including phenoxy) is 1. The molecule has 1 saturated heterocycles. The van der Waals surface area contributed by atoms with Crippen LogP contribution < -0.4 is 5.32 Å². The van der Waals surface area contributed by atoms with Gasteiger partial charge in [-0.05, 0) is 60.8 Å². The summed E-state index contributed by atoms with van der Waals surface area (Å²) < 4.78 is 5.16. The molecule has 0 aromatic rings. The minimum Gasteiger partial charge on any atom is -0.466 e. The van der Waals surface area contributed by atoms with Crippen LogP contribution in [0.15, 0.2) is 4.99 Å². The Hall–Kier alpha value is -0.570. The van der Waals surface area contributed by atoms with E-state index in [0.717, 1.165) is 57.9 Å². The number of carbonyl (C=O) groups is 1. The number of nitrogens with zero attached hydrogens (tertiary/aromatic N) is 3. The summed E-state index contributed by atoms with van der Waals surface area (Å²) in [6.45, 7) is 17.9. The summed E-state index contributed by atoms with van der Waals surface area (Å²) in [5.74, 6) is 0.978. The number of rotatable bonds is 9. The summed E-state index contributed by atoms with van der Waals surface area (Å²) in [6, 6.07) is 1.13. The topological polar surface area (TPSA) is 57.2 Å². The van der Waals surface area contributed by atoms with Crippen LogP contribution in [0.5, 0.6) is 0 Å². The Morgan fingerprint density at radius 2 is 1.78 bits per heavy atom. The molecular weight excluding hydrogens is 455 g/mol. The average molecular weight is 496 g/mol. The van der Waals surface area contributed by atoms with Crippen molar-refractivity contribution in [2.75, 3.05) is 39.3 Å². The molecule has 1 heterocycles. The number of aliphatic imine (C=N–C) groups is 1. The van der Waals surface area contributed by atoms with E-state index in [1.165, 1.54) is 0 Å². The van der Waals surface area contributed by atoms with Crippen molar-refractivity contribution in [2.45, 2.75) is 72.9 Å². The molecule has 1 aliphatic heterocycles. The van der Waals surface area contributed by atoms with Crippen molar-refractivity contribution in [3.63, 3.8) is 0 Å². The van der Waals surface area contributed by atoms with Gasteiger partial charge in [0.15, 0.2) is 5.96 Å². The minimum absolute atomic E-state index is 0. The van der Waals surface area contributed by atoms with Crippen LogP contribution in [0, 0.1) is 5.92 Å². The van der Waals surface area contributed by atoms with E-state index < -0.39 is 0 Å². The third-order valence-corrected chi connectivity index (χ3v) is 4.91. The molecule has 1 N–H and O–H groups in total. The van der Waals surface area contributed by atoms with Gasteiger partial charge in [-0.2, -0.15) is 0 Å². The zero-order chi connectivity index (χ0) is 19.5. The lowest BCUT2D eigenvalue weighted by Gasteiger charge is -2.33. The molecule has 0 amide bonds. The van der Waals surface area contributed by atoms with Gasteiger partial charge in [0.2, 0.25) is 0 Å². The molecule has 0 saturated carbocycles. The van der Waals surface area contributed by atoms with Crippen LogP contribution in [-0.2, 0) is 9.53 Å². The summed E-state index contributed by atoms with van der Waals surface area (Å²) in [5, 5.41) is 3.40. The highest BCUT2D eigenvalue weighted by Gasteiger charge is 2.27. The van der Waals surface area contributed by atoms with Crippen molar-refractivity contribution in [1.82, 2.24) is 15.1 Å². The van der Waals surface area contributed by atoms with Gasteiger partial charge >= 0.3 is 5.97 Å². The number of hydrogen-bond acceptors (Lipinski definition) is 4. The second-order valence-corrected chi connectivity index (χ2v) is 7.53. The largest absolute Gasteiger partial charge is 0.466 e. The second-order valence-electron chi connectivity index (χ2n) is 7.53. The predicted octanol–water partition coefficient (Wildman–Crippen LogP) is 3.35. The number of carbonyl (C=O) groups excluding carboxylic acids is 1. The molecule has 0 bridgehead atoms. The van der Waals surface area contributed by atoms with Gasteiger partial charge in [0.25, 0.3) is 0 Å². The van der Waals surface area contributed by atoms with E-state index in [2.05, 4.69) is 49.7 Å². The van der Waals surface area contributed by atoms with Crippen molar-refractivity contribution in [1.29, 1.82) is 0 Å². The number of halogens is 1. The van der Waals surface area contributed by atoms with Gasteiger partial charge in [0, 0.05) is 44.8 Å². The lowest BCUT2D eigenvalue weighted by molar-refractivity contribution is -0.149. The molecule has 1 rings (SSSR count). The summed E-state index contributed by atoms with van der Waals surface area (Å²) in [4.78, 5) is 21.5. The molecule has 0 aromatic heterocycles. The predicted molar refractivity (Wildman–Crippen MR) is 124 cm³/mol. The SMILES string of the molecule is CCNC(=NCCCN(C(C)C)C(C)C)N1CCC(C(=O)OCC)CC1.I. The van der Waals surface area contributed by atoms with Crippen LogP contribution in [0.2, 0.25) is 0 Å². The van der Waals surface area contributed by atoms with E-state index in [1.807, 2.05) is 6.92 Å². The molecule has 0 atom stereocenters. The lowest BCUT2D eigenvalue weighted by atomic mass is 9.97. The Kier molecular flexibility index (Phi) is 14.1. The van der Waals surface area contributed by atoms with Gasteiger partial charge in [-0.25, -0.2) is 0 Å². The summed E-state index contributed by atoms with van der Waals surface area (Å²) in [6.07, 6.45) is 2.75. The number of piperidine rings is 1. The molecule has 0 unspecified atom stereocenters. The molecule has 1 fully saturated rings. The van der Waals surface area contributed by atoms with Crippen LogP contribution in [-0.4, -0.2) is 73.1 Å². The third-order valence-electron chi connectivity index (χ3n) is 4.91. The average Bonchev–Trinajstić information content (AvgIpc) is 2.60. The van der Waals surface area contributed by atoms with Crippen molar-refractivity contribution < 1.29 is 9.53 Å². The number of esters is 1. The Balaban J connectivity index is 0.00000676. The first-order valence-electron chi connectivity index (χ1n) is 10.4. The minimum atomic E-state index is -0.0449. The summed E-state index contributed by atoms with van der Waals surface area (Å²) in [5.41, 5.74) is 0. The Morgan fingerprint density at radius 1 is 1.19 bits per heavy atom. The monoisotopic (exact) mass is 496 g/mol. The summed E-state index contributed by atoms with van der Waals surface area (Å²) in [7, 11) is 0. The highest BCUT2D eigenvalue weighted by molar-refractivity contribution is 14.0. The highest BCUT2D eigenvalue weighted by atomic mass is 127. The molecule has 27 heavy (non-hydrogen) atoms. The van der Waals surface area contributed by atoms with Gasteiger partial charge in [-0.1, -0.05) is 0 Å². The van der Waals surface area contributed by atoms with Crippen LogP contribution in [0.25, 0.3) is 0 Å². The fraction of sp³-hybridized carbons (Fsp3) is 0.900. The maximum absolute atomic E-state index is 11.9. The first-order valence-corrected chi connectivity index (χ1v) is 10.4. The first kappa shape index (κ1) is 26.4. The smallest absolute Gasteiger partial charge is 0.309 e. The third kappa shape index (κ3) is 9.45. The number of nitrogens with one attached hydrogen (secondary N) is 1. The van der Waals surface area contributed by atoms with Crippen LogP contribution in [0.3, 0.4) is 0 Å². The zero-order valence-corrected chi connectivity index (χ0v) is 20.5. The molecule has 0 aliphatic carbocycles. The normalized spacial score (nSPS) is 16.0. The van der Waals surface area contributed by atoms with E-state index in [1.54, 1.807) is 0 Å². The lowest BCUT2D eigenvalue weighted by Crippen LogP contribution is -2.46. The van der Waals surface area contributed by atoms with Gasteiger partial charge < -0.3 is 15.0 Å². The number of hydrogen-bond donors (Lipinski definition) is 1. The first-order chi connectivity index (χ1) is 12.4.